The van der Waals surface area contributed by atoms with E-state index in [1.165, 1.54) is 0 Å². The van der Waals surface area contributed by atoms with Crippen molar-refractivity contribution in [3.63, 3.8) is 0 Å². The Morgan fingerprint density at radius 3 is 1.89 bits per heavy atom. The van der Waals surface area contributed by atoms with Crippen LogP contribution in [0.1, 0.15) is 34.6 Å². The van der Waals surface area contributed by atoms with Gasteiger partial charge in [-0.1, -0.05) is 0 Å². The van der Waals surface area contributed by atoms with Crippen molar-refractivity contribution >= 4 is 5.71 Å². The molecule has 0 bridgehead atoms. The van der Waals surface area contributed by atoms with Crippen molar-refractivity contribution in [2.24, 2.45) is 4.99 Å². The van der Waals surface area contributed by atoms with Gasteiger partial charge in [0.2, 0.25) is 6.29 Å². The maximum atomic E-state index is 12.8. The van der Waals surface area contributed by atoms with E-state index in [0.717, 1.165) is 0 Å². The highest BCUT2D eigenvalue weighted by molar-refractivity contribution is 6.04. The smallest absolute Gasteiger partial charge is 0.342 e. The normalized spacial score (nSPS) is 13.4. The lowest BCUT2D eigenvalue weighted by Gasteiger charge is -2.15. The Hall–Kier alpha value is -1.06. The number of alkyl halides is 3. The molecule has 0 amide bonds. The number of hydrogen-bond donors (Lipinski definition) is 0. The van der Waals surface area contributed by atoms with E-state index in [9.17, 15) is 13.2 Å². The lowest BCUT2D eigenvalue weighted by atomic mass is 10.1. The highest BCUT2D eigenvalue weighted by Gasteiger charge is 2.36. The third-order valence-electron chi connectivity index (χ3n) is 1.66. The van der Waals surface area contributed by atoms with Crippen LogP contribution in [0.15, 0.2) is 4.99 Å². The molecule has 0 aromatic rings. The van der Waals surface area contributed by atoms with Crippen LogP contribution in [0.5, 0.6) is 0 Å². The maximum absolute atomic E-state index is 12.8. The fourth-order valence-electron chi connectivity index (χ4n) is 1.06. The monoisotopic (exact) mass is 279 g/mol. The van der Waals surface area contributed by atoms with Crippen molar-refractivity contribution in [3.8, 4) is 11.8 Å². The Bertz CT molecular complexity index is 353. The van der Waals surface area contributed by atoms with Crippen molar-refractivity contribution in [2.45, 2.75) is 52.6 Å². The number of rotatable bonds is 4. The molecule has 0 N–H and O–H groups in total. The van der Waals surface area contributed by atoms with Crippen molar-refractivity contribution in [2.75, 3.05) is 13.2 Å². The summed E-state index contributed by atoms with van der Waals surface area (Å²) in [6.07, 6.45) is -5.55. The standard InChI is InChI=1S/C13H20F3NO2/c1-6-18-11(19-7-2)9-8-10(13(14,15)16)17-12(3,4)5/h11H,6-7H2,1-5H3/b17-10+. The van der Waals surface area contributed by atoms with Gasteiger partial charge in [0.15, 0.2) is 5.71 Å². The van der Waals surface area contributed by atoms with E-state index >= 15 is 0 Å². The molecule has 110 valence electrons. The van der Waals surface area contributed by atoms with Crippen molar-refractivity contribution in [1.82, 2.24) is 0 Å². The quantitative estimate of drug-likeness (QED) is 0.449. The summed E-state index contributed by atoms with van der Waals surface area (Å²) in [4.78, 5) is 3.58. The fraction of sp³-hybridized carbons (Fsp3) is 0.769. The summed E-state index contributed by atoms with van der Waals surface area (Å²) >= 11 is 0. The molecule has 0 aromatic heterocycles. The average molecular weight is 279 g/mol. The zero-order valence-corrected chi connectivity index (χ0v) is 11.9. The Balaban J connectivity index is 5.18. The summed E-state index contributed by atoms with van der Waals surface area (Å²) in [6, 6.07) is 0. The van der Waals surface area contributed by atoms with Gasteiger partial charge in [-0.3, -0.25) is 4.99 Å². The lowest BCUT2D eigenvalue weighted by Crippen LogP contribution is -2.26. The molecule has 6 heteroatoms. The molecule has 19 heavy (non-hydrogen) atoms. The summed E-state index contributed by atoms with van der Waals surface area (Å²) in [6.45, 7) is 8.74. The maximum Gasteiger partial charge on any atom is 0.441 e. The molecule has 0 unspecified atom stereocenters. The zero-order chi connectivity index (χ0) is 15.1. The molecule has 0 spiro atoms. The second-order valence-corrected chi connectivity index (χ2v) is 4.64. The highest BCUT2D eigenvalue weighted by atomic mass is 19.4. The number of aliphatic imine (C=N–C) groups is 1. The van der Waals surface area contributed by atoms with E-state index in [-0.39, 0.29) is 0 Å². The first-order valence-corrected chi connectivity index (χ1v) is 6.02. The molecule has 3 nitrogen and oxygen atoms in total. The van der Waals surface area contributed by atoms with Gasteiger partial charge in [-0.05, 0) is 46.5 Å². The summed E-state index contributed by atoms with van der Waals surface area (Å²) in [5.74, 6) is 4.32. The topological polar surface area (TPSA) is 30.8 Å². The van der Waals surface area contributed by atoms with E-state index in [1.54, 1.807) is 34.6 Å². The number of nitrogens with zero attached hydrogens (tertiary/aromatic N) is 1. The first-order chi connectivity index (χ1) is 8.60. The van der Waals surface area contributed by atoms with Gasteiger partial charge in [0, 0.05) is 13.2 Å². The molecule has 0 saturated carbocycles. The lowest BCUT2D eigenvalue weighted by molar-refractivity contribution is -0.0970. The van der Waals surface area contributed by atoms with Crippen molar-refractivity contribution < 1.29 is 22.6 Å². The largest absolute Gasteiger partial charge is 0.441 e. The minimum atomic E-state index is -4.58. The molecule has 0 fully saturated rings. The number of halogens is 3. The molecule has 0 rings (SSSR count). The fourth-order valence-corrected chi connectivity index (χ4v) is 1.06. The van der Waals surface area contributed by atoms with Crippen LogP contribution in [0.3, 0.4) is 0 Å². The van der Waals surface area contributed by atoms with Gasteiger partial charge in [-0.15, -0.1) is 0 Å². The third-order valence-corrected chi connectivity index (χ3v) is 1.66. The van der Waals surface area contributed by atoms with E-state index < -0.39 is 23.7 Å². The van der Waals surface area contributed by atoms with Crippen LogP contribution in [-0.2, 0) is 9.47 Å². The molecule has 0 atom stereocenters. The molecule has 0 aliphatic rings. The molecule has 0 heterocycles. The SMILES string of the molecule is CCOC(C#C/C(=N\C(C)(C)C)C(F)(F)F)OCC. The molecule has 0 aromatic carbocycles. The van der Waals surface area contributed by atoms with Crippen molar-refractivity contribution in [1.29, 1.82) is 0 Å². The Labute approximate surface area is 112 Å². The van der Waals surface area contributed by atoms with Gasteiger partial charge in [0.05, 0.1) is 5.54 Å². The average Bonchev–Trinajstić information content (AvgIpc) is 2.21. The van der Waals surface area contributed by atoms with Gasteiger partial charge in [0.25, 0.3) is 0 Å². The summed E-state index contributed by atoms with van der Waals surface area (Å²) in [7, 11) is 0. The van der Waals surface area contributed by atoms with Crippen LogP contribution in [0.4, 0.5) is 13.2 Å². The van der Waals surface area contributed by atoms with Crippen LogP contribution in [0.2, 0.25) is 0 Å². The predicted molar refractivity (Wildman–Crippen MR) is 68.1 cm³/mol. The molecular formula is C13H20F3NO2. The van der Waals surface area contributed by atoms with Crippen LogP contribution in [0.25, 0.3) is 0 Å². The number of ether oxygens (including phenoxy) is 2. The molecular weight excluding hydrogens is 259 g/mol. The minimum Gasteiger partial charge on any atom is -0.342 e. The van der Waals surface area contributed by atoms with Gasteiger partial charge in [-0.25, -0.2) is 0 Å². The van der Waals surface area contributed by atoms with Crippen LogP contribution < -0.4 is 0 Å². The first kappa shape index (κ1) is 17.9. The van der Waals surface area contributed by atoms with Crippen molar-refractivity contribution in [3.05, 3.63) is 0 Å². The predicted octanol–water partition coefficient (Wildman–Crippen LogP) is 3.19. The molecule has 0 aliphatic carbocycles. The summed E-state index contributed by atoms with van der Waals surface area (Å²) < 4.78 is 48.4. The summed E-state index contributed by atoms with van der Waals surface area (Å²) in [5, 5.41) is 0. The second-order valence-electron chi connectivity index (χ2n) is 4.64. The van der Waals surface area contributed by atoms with E-state index in [4.69, 9.17) is 9.47 Å². The Morgan fingerprint density at radius 2 is 1.58 bits per heavy atom. The second kappa shape index (κ2) is 7.51. The Kier molecular flexibility index (Phi) is 7.09. The van der Waals surface area contributed by atoms with Gasteiger partial charge < -0.3 is 9.47 Å². The van der Waals surface area contributed by atoms with Crippen LogP contribution >= 0.6 is 0 Å². The van der Waals surface area contributed by atoms with E-state index in [1.807, 2.05) is 5.92 Å². The van der Waals surface area contributed by atoms with Crippen LogP contribution in [0, 0.1) is 11.8 Å². The molecule has 0 saturated heterocycles. The summed E-state index contributed by atoms with van der Waals surface area (Å²) in [5.41, 5.74) is -1.98. The molecule has 0 radical (unpaired) electrons. The van der Waals surface area contributed by atoms with Crippen LogP contribution in [-0.4, -0.2) is 36.9 Å². The first-order valence-electron chi connectivity index (χ1n) is 6.02. The minimum absolute atomic E-state index is 0.303. The van der Waals surface area contributed by atoms with Gasteiger partial charge in [0.1, 0.15) is 0 Å². The number of hydrogen-bond acceptors (Lipinski definition) is 3. The Morgan fingerprint density at radius 1 is 1.11 bits per heavy atom. The highest BCUT2D eigenvalue weighted by Crippen LogP contribution is 2.20. The molecule has 0 aliphatic heterocycles. The van der Waals surface area contributed by atoms with E-state index in [2.05, 4.69) is 10.9 Å². The van der Waals surface area contributed by atoms with Gasteiger partial charge >= 0.3 is 6.18 Å². The van der Waals surface area contributed by atoms with Gasteiger partial charge in [-0.2, -0.15) is 13.2 Å². The zero-order valence-electron chi connectivity index (χ0n) is 11.9. The third kappa shape index (κ3) is 8.62. The van der Waals surface area contributed by atoms with E-state index in [0.29, 0.717) is 13.2 Å².